The van der Waals surface area contributed by atoms with Gasteiger partial charge >= 0.3 is 10.1 Å². The van der Waals surface area contributed by atoms with Crippen LogP contribution in [0.4, 0.5) is 5.69 Å². The lowest BCUT2D eigenvalue weighted by Crippen LogP contribution is -2.10. The third-order valence-electron chi connectivity index (χ3n) is 3.63. The van der Waals surface area contributed by atoms with Gasteiger partial charge in [0.1, 0.15) is 10.6 Å². The summed E-state index contributed by atoms with van der Waals surface area (Å²) in [5, 5.41) is 0.440. The molecule has 3 rings (SSSR count). The zero-order valence-electron chi connectivity index (χ0n) is 14.4. The second kappa shape index (κ2) is 8.24. The Kier molecular flexibility index (Phi) is 5.78. The van der Waals surface area contributed by atoms with Crippen molar-refractivity contribution < 1.29 is 17.3 Å². The normalized spacial score (nSPS) is 11.5. The van der Waals surface area contributed by atoms with Crippen LogP contribution in [0.25, 0.3) is 0 Å². The molecule has 3 aromatic carbocycles. The average Bonchev–Trinajstić information content (AvgIpc) is 2.69. The van der Waals surface area contributed by atoms with E-state index in [9.17, 15) is 8.42 Å². The summed E-state index contributed by atoms with van der Waals surface area (Å²) in [6.45, 7) is 0. The molecule has 0 aliphatic heterocycles. The van der Waals surface area contributed by atoms with Gasteiger partial charge in [0.2, 0.25) is 0 Å². The summed E-state index contributed by atoms with van der Waals surface area (Å²) in [5.74, 6) is 0.857. The van der Waals surface area contributed by atoms with Gasteiger partial charge in [0.15, 0.2) is 5.75 Å². The molecule has 138 valence electrons. The number of rotatable bonds is 6. The van der Waals surface area contributed by atoms with Crippen molar-refractivity contribution in [3.05, 3.63) is 83.4 Å². The van der Waals surface area contributed by atoms with Crippen LogP contribution >= 0.6 is 11.6 Å². The maximum absolute atomic E-state index is 12.5. The molecule has 0 amide bonds. The fourth-order valence-electron chi connectivity index (χ4n) is 2.26. The summed E-state index contributed by atoms with van der Waals surface area (Å²) in [7, 11) is -2.38. The van der Waals surface area contributed by atoms with Crippen LogP contribution < -0.4 is 8.92 Å². The minimum atomic E-state index is -3.96. The van der Waals surface area contributed by atoms with E-state index < -0.39 is 10.1 Å². The molecule has 0 heterocycles. The van der Waals surface area contributed by atoms with Crippen molar-refractivity contribution in [3.8, 4) is 11.5 Å². The molecular weight excluding hydrogens is 386 g/mol. The van der Waals surface area contributed by atoms with Gasteiger partial charge in [-0.15, -0.1) is 0 Å². The molecule has 3 aromatic rings. The van der Waals surface area contributed by atoms with Gasteiger partial charge in [-0.25, -0.2) is 0 Å². The topological polar surface area (TPSA) is 65.0 Å². The average molecular weight is 402 g/mol. The van der Waals surface area contributed by atoms with E-state index in [0.29, 0.717) is 16.3 Å². The van der Waals surface area contributed by atoms with Crippen LogP contribution in [0.3, 0.4) is 0 Å². The van der Waals surface area contributed by atoms with Crippen molar-refractivity contribution in [1.29, 1.82) is 0 Å². The molecule has 0 aliphatic carbocycles. The Balaban J connectivity index is 1.90. The highest BCUT2D eigenvalue weighted by molar-refractivity contribution is 7.87. The summed E-state index contributed by atoms with van der Waals surface area (Å²) in [6.07, 6.45) is 1.50. The minimum absolute atomic E-state index is 0.0676. The molecule has 0 aromatic heterocycles. The molecule has 0 unspecified atom stereocenters. The van der Waals surface area contributed by atoms with Gasteiger partial charge < -0.3 is 8.92 Å². The maximum Gasteiger partial charge on any atom is 0.339 e. The van der Waals surface area contributed by atoms with Crippen molar-refractivity contribution in [2.45, 2.75) is 4.90 Å². The van der Waals surface area contributed by atoms with Crippen LogP contribution in [-0.2, 0) is 10.1 Å². The number of methoxy groups -OCH3 is 1. The van der Waals surface area contributed by atoms with Crippen molar-refractivity contribution in [3.63, 3.8) is 0 Å². The molecule has 5 nitrogen and oxygen atoms in total. The Labute approximate surface area is 163 Å². The van der Waals surface area contributed by atoms with Crippen molar-refractivity contribution in [2.24, 2.45) is 4.99 Å². The molecule has 7 heteroatoms. The van der Waals surface area contributed by atoms with Crippen molar-refractivity contribution in [2.75, 3.05) is 7.11 Å². The van der Waals surface area contributed by atoms with Gasteiger partial charge in [0.25, 0.3) is 0 Å². The number of hydrogen-bond donors (Lipinski definition) is 0. The Hall–Kier alpha value is -2.83. The van der Waals surface area contributed by atoms with E-state index in [1.54, 1.807) is 61.7 Å². The summed E-state index contributed by atoms with van der Waals surface area (Å²) in [4.78, 5) is 4.41. The van der Waals surface area contributed by atoms with Crippen LogP contribution in [0.5, 0.6) is 11.5 Å². The van der Waals surface area contributed by atoms with Crippen LogP contribution in [0.1, 0.15) is 5.56 Å². The van der Waals surface area contributed by atoms with E-state index in [1.807, 2.05) is 0 Å². The van der Waals surface area contributed by atoms with Gasteiger partial charge in [-0.3, -0.25) is 4.99 Å². The van der Waals surface area contributed by atoms with Crippen molar-refractivity contribution >= 4 is 33.6 Å². The lowest BCUT2D eigenvalue weighted by molar-refractivity contribution is 0.415. The zero-order valence-corrected chi connectivity index (χ0v) is 15.9. The Morgan fingerprint density at radius 2 is 1.67 bits per heavy atom. The second-order valence-corrected chi connectivity index (χ2v) is 7.47. The molecule has 0 saturated carbocycles. The smallest absolute Gasteiger partial charge is 0.339 e. The highest BCUT2D eigenvalue weighted by atomic mass is 35.5. The molecule has 0 spiro atoms. The molecular formula is C20H16ClNO4S. The quantitative estimate of drug-likeness (QED) is 0.436. The van der Waals surface area contributed by atoms with Crippen LogP contribution in [0.15, 0.2) is 82.7 Å². The number of benzene rings is 3. The van der Waals surface area contributed by atoms with E-state index in [1.165, 1.54) is 24.4 Å². The predicted molar refractivity (Wildman–Crippen MR) is 106 cm³/mol. The molecule has 27 heavy (non-hydrogen) atoms. The van der Waals surface area contributed by atoms with Crippen molar-refractivity contribution in [1.82, 2.24) is 0 Å². The number of nitrogens with zero attached hydrogens (tertiary/aromatic N) is 1. The summed E-state index contributed by atoms with van der Waals surface area (Å²) in [5.41, 5.74) is 1.12. The molecule has 0 radical (unpaired) electrons. The monoisotopic (exact) mass is 401 g/mol. The Morgan fingerprint density at radius 1 is 0.963 bits per heavy atom. The fraction of sp³-hybridized carbons (Fsp3) is 0.0500. The van der Waals surface area contributed by atoms with Gasteiger partial charge in [0.05, 0.1) is 12.8 Å². The van der Waals surface area contributed by atoms with Crippen LogP contribution in [0, 0.1) is 0 Å². The number of aliphatic imine (C=N–C) groups is 1. The molecule has 0 N–H and O–H groups in total. The highest BCUT2D eigenvalue weighted by Gasteiger charge is 2.18. The standard InChI is InChI=1S/C20H16ClNO4S/c1-25-18-10-8-17(9-11-18)22-14-15-13-16(21)7-12-20(15)26-27(23,24)19-5-3-2-4-6-19/h2-14H,1H3. The number of halogens is 1. The third kappa shape index (κ3) is 4.87. The highest BCUT2D eigenvalue weighted by Crippen LogP contribution is 2.26. The van der Waals surface area contributed by atoms with Gasteiger partial charge in [-0.05, 0) is 54.6 Å². The zero-order chi connectivity index (χ0) is 19.3. The summed E-state index contributed by atoms with van der Waals surface area (Å²) < 4.78 is 35.3. The SMILES string of the molecule is COc1ccc(N=Cc2cc(Cl)ccc2OS(=O)(=O)c2ccccc2)cc1. The number of ether oxygens (including phenoxy) is 1. The van der Waals surface area contributed by atoms with Gasteiger partial charge in [0, 0.05) is 16.8 Å². The fourth-order valence-corrected chi connectivity index (χ4v) is 3.42. The minimum Gasteiger partial charge on any atom is -0.497 e. The largest absolute Gasteiger partial charge is 0.497 e. The van der Waals surface area contributed by atoms with Gasteiger partial charge in [-0.1, -0.05) is 29.8 Å². The number of hydrogen-bond acceptors (Lipinski definition) is 5. The molecule has 0 atom stereocenters. The summed E-state index contributed by atoms with van der Waals surface area (Å²) in [6, 6.07) is 19.7. The first kappa shape index (κ1) is 18.9. The first-order valence-corrected chi connectivity index (χ1v) is 9.74. The third-order valence-corrected chi connectivity index (χ3v) is 5.11. The first-order valence-electron chi connectivity index (χ1n) is 7.95. The molecule has 0 bridgehead atoms. The van der Waals surface area contributed by atoms with E-state index in [-0.39, 0.29) is 10.6 Å². The lowest BCUT2D eigenvalue weighted by atomic mass is 10.2. The van der Waals surface area contributed by atoms with E-state index in [4.69, 9.17) is 20.5 Å². The predicted octanol–water partition coefficient (Wildman–Crippen LogP) is 4.87. The maximum atomic E-state index is 12.5. The van der Waals surface area contributed by atoms with E-state index in [2.05, 4.69) is 4.99 Å². The molecule has 0 saturated heterocycles. The molecule has 0 aliphatic rings. The van der Waals surface area contributed by atoms with Crippen LogP contribution in [-0.4, -0.2) is 21.7 Å². The van der Waals surface area contributed by atoms with Gasteiger partial charge in [-0.2, -0.15) is 8.42 Å². The lowest BCUT2D eigenvalue weighted by Gasteiger charge is -2.09. The van der Waals surface area contributed by atoms with Crippen LogP contribution in [0.2, 0.25) is 5.02 Å². The molecule has 0 fully saturated rings. The summed E-state index contributed by atoms with van der Waals surface area (Å²) >= 11 is 6.04. The second-order valence-electron chi connectivity index (χ2n) is 5.49. The van der Waals surface area contributed by atoms with E-state index in [0.717, 1.165) is 5.75 Å². The Morgan fingerprint density at radius 3 is 2.33 bits per heavy atom. The Bertz CT molecular complexity index is 1050. The first-order chi connectivity index (χ1) is 13.0. The van der Waals surface area contributed by atoms with E-state index >= 15 is 0 Å².